The Labute approximate surface area is 109 Å². The molecular formula is C15H22FNO. The van der Waals surface area contributed by atoms with Crippen molar-refractivity contribution in [2.45, 2.75) is 45.8 Å². The highest BCUT2D eigenvalue weighted by atomic mass is 19.1. The Morgan fingerprint density at radius 1 is 1.39 bits per heavy atom. The van der Waals surface area contributed by atoms with Crippen LogP contribution in [0, 0.1) is 19.7 Å². The summed E-state index contributed by atoms with van der Waals surface area (Å²) in [7, 11) is 0. The van der Waals surface area contributed by atoms with Gasteiger partial charge < -0.3 is 10.1 Å². The van der Waals surface area contributed by atoms with Gasteiger partial charge in [0.2, 0.25) is 0 Å². The van der Waals surface area contributed by atoms with Crippen LogP contribution in [-0.2, 0) is 4.74 Å². The second-order valence-corrected chi connectivity index (χ2v) is 5.06. The third-order valence-corrected chi connectivity index (χ3v) is 3.58. The summed E-state index contributed by atoms with van der Waals surface area (Å²) in [4.78, 5) is 0. The molecule has 18 heavy (non-hydrogen) atoms. The lowest BCUT2D eigenvalue weighted by atomic mass is 9.95. The van der Waals surface area contributed by atoms with Gasteiger partial charge in [0.05, 0.1) is 12.1 Å². The van der Waals surface area contributed by atoms with E-state index in [1.165, 1.54) is 0 Å². The van der Waals surface area contributed by atoms with E-state index in [1.54, 1.807) is 0 Å². The van der Waals surface area contributed by atoms with Crippen molar-refractivity contribution < 1.29 is 9.13 Å². The average Bonchev–Trinajstić information content (AvgIpc) is 2.86. The van der Waals surface area contributed by atoms with Gasteiger partial charge in [0, 0.05) is 6.61 Å². The lowest BCUT2D eigenvalue weighted by Gasteiger charge is -2.25. The summed E-state index contributed by atoms with van der Waals surface area (Å²) in [6, 6.07) is 4.06. The molecule has 1 fully saturated rings. The third kappa shape index (κ3) is 2.73. The Kier molecular flexibility index (Phi) is 4.36. The summed E-state index contributed by atoms with van der Waals surface area (Å²) in [5, 5.41) is 3.47. The standard InChI is InChI=1S/C15H22FNO/c1-4-17-15(13-6-5-7-18-13)12-8-10(2)14(16)11(3)9-12/h8-9,13,15,17H,4-7H2,1-3H3. The van der Waals surface area contributed by atoms with Crippen LogP contribution in [-0.4, -0.2) is 19.3 Å². The second-order valence-electron chi connectivity index (χ2n) is 5.06. The van der Waals surface area contributed by atoms with Crippen molar-refractivity contribution in [3.05, 3.63) is 34.6 Å². The van der Waals surface area contributed by atoms with Gasteiger partial charge in [0.1, 0.15) is 5.82 Å². The fourth-order valence-electron chi connectivity index (χ4n) is 2.71. The number of hydrogen-bond acceptors (Lipinski definition) is 2. The number of ether oxygens (including phenoxy) is 1. The molecule has 1 N–H and O–H groups in total. The minimum absolute atomic E-state index is 0.0960. The Morgan fingerprint density at radius 3 is 2.56 bits per heavy atom. The van der Waals surface area contributed by atoms with Crippen LogP contribution in [0.4, 0.5) is 4.39 Å². The molecule has 1 aromatic rings. The van der Waals surface area contributed by atoms with Crippen molar-refractivity contribution in [3.8, 4) is 0 Å². The van der Waals surface area contributed by atoms with E-state index in [0.29, 0.717) is 11.1 Å². The maximum Gasteiger partial charge on any atom is 0.129 e. The van der Waals surface area contributed by atoms with Crippen molar-refractivity contribution in [2.75, 3.05) is 13.2 Å². The first kappa shape index (κ1) is 13.5. The molecule has 1 aliphatic heterocycles. The molecule has 0 aromatic heterocycles. The molecule has 1 heterocycles. The molecule has 1 saturated heterocycles. The SMILES string of the molecule is CCNC(c1cc(C)c(F)c(C)c1)C1CCCO1. The van der Waals surface area contributed by atoms with Gasteiger partial charge in [-0.2, -0.15) is 0 Å². The van der Waals surface area contributed by atoms with Gasteiger partial charge in [-0.1, -0.05) is 19.1 Å². The van der Waals surface area contributed by atoms with E-state index in [0.717, 1.165) is 31.6 Å². The van der Waals surface area contributed by atoms with Gasteiger partial charge in [-0.05, 0) is 49.9 Å². The molecule has 0 bridgehead atoms. The van der Waals surface area contributed by atoms with Crippen molar-refractivity contribution in [3.63, 3.8) is 0 Å². The van der Waals surface area contributed by atoms with Gasteiger partial charge >= 0.3 is 0 Å². The predicted molar refractivity (Wildman–Crippen MR) is 71.3 cm³/mol. The average molecular weight is 251 g/mol. The number of nitrogens with one attached hydrogen (secondary N) is 1. The van der Waals surface area contributed by atoms with Crippen molar-refractivity contribution >= 4 is 0 Å². The molecule has 0 aliphatic carbocycles. The molecule has 2 atom stereocenters. The van der Waals surface area contributed by atoms with Gasteiger partial charge in [-0.15, -0.1) is 0 Å². The van der Waals surface area contributed by atoms with E-state index >= 15 is 0 Å². The van der Waals surface area contributed by atoms with Crippen LogP contribution in [0.25, 0.3) is 0 Å². The molecule has 2 unspecified atom stereocenters. The van der Waals surface area contributed by atoms with E-state index in [-0.39, 0.29) is 18.0 Å². The molecule has 100 valence electrons. The molecule has 0 radical (unpaired) electrons. The van der Waals surface area contributed by atoms with Crippen LogP contribution in [0.2, 0.25) is 0 Å². The Balaban J connectivity index is 2.29. The van der Waals surface area contributed by atoms with Gasteiger partial charge in [-0.3, -0.25) is 0 Å². The number of likely N-dealkylation sites (N-methyl/N-ethyl adjacent to an activating group) is 1. The van der Waals surface area contributed by atoms with Gasteiger partial charge in [0.25, 0.3) is 0 Å². The lowest BCUT2D eigenvalue weighted by molar-refractivity contribution is 0.0787. The normalized spacial score (nSPS) is 21.2. The number of aryl methyl sites for hydroxylation is 2. The molecule has 3 heteroatoms. The van der Waals surface area contributed by atoms with Crippen LogP contribution >= 0.6 is 0 Å². The van der Waals surface area contributed by atoms with Crippen LogP contribution < -0.4 is 5.32 Å². The number of rotatable bonds is 4. The van der Waals surface area contributed by atoms with Crippen LogP contribution in [0.15, 0.2) is 12.1 Å². The van der Waals surface area contributed by atoms with Crippen molar-refractivity contribution in [1.82, 2.24) is 5.32 Å². The highest BCUT2D eigenvalue weighted by Crippen LogP contribution is 2.29. The topological polar surface area (TPSA) is 21.3 Å². The molecule has 1 aliphatic rings. The smallest absolute Gasteiger partial charge is 0.129 e. The highest BCUT2D eigenvalue weighted by Gasteiger charge is 2.27. The Morgan fingerprint density at radius 2 is 2.06 bits per heavy atom. The van der Waals surface area contributed by atoms with E-state index < -0.39 is 0 Å². The van der Waals surface area contributed by atoms with Crippen LogP contribution in [0.5, 0.6) is 0 Å². The summed E-state index contributed by atoms with van der Waals surface area (Å²) >= 11 is 0. The summed E-state index contributed by atoms with van der Waals surface area (Å²) in [5.74, 6) is -0.0960. The largest absolute Gasteiger partial charge is 0.376 e. The molecular weight excluding hydrogens is 229 g/mol. The minimum atomic E-state index is -0.0960. The third-order valence-electron chi connectivity index (χ3n) is 3.58. The summed E-state index contributed by atoms with van der Waals surface area (Å²) in [6.07, 6.45) is 2.41. The summed E-state index contributed by atoms with van der Waals surface area (Å²) in [5.41, 5.74) is 2.57. The molecule has 2 rings (SSSR count). The first-order chi connectivity index (χ1) is 8.63. The van der Waals surface area contributed by atoms with E-state index in [4.69, 9.17) is 4.74 Å². The molecule has 0 spiro atoms. The van der Waals surface area contributed by atoms with Crippen LogP contribution in [0.3, 0.4) is 0 Å². The molecule has 2 nitrogen and oxygen atoms in total. The van der Waals surface area contributed by atoms with E-state index in [1.807, 2.05) is 26.0 Å². The monoisotopic (exact) mass is 251 g/mol. The zero-order valence-corrected chi connectivity index (χ0v) is 11.4. The fourth-order valence-corrected chi connectivity index (χ4v) is 2.71. The highest BCUT2D eigenvalue weighted by molar-refractivity contribution is 5.33. The Hall–Kier alpha value is -0.930. The number of hydrogen-bond donors (Lipinski definition) is 1. The molecule has 0 amide bonds. The molecule has 1 aromatic carbocycles. The van der Waals surface area contributed by atoms with Crippen molar-refractivity contribution in [1.29, 1.82) is 0 Å². The zero-order valence-electron chi connectivity index (χ0n) is 11.4. The first-order valence-corrected chi connectivity index (χ1v) is 6.75. The zero-order chi connectivity index (χ0) is 13.1. The van der Waals surface area contributed by atoms with E-state index in [2.05, 4.69) is 12.2 Å². The minimum Gasteiger partial charge on any atom is -0.376 e. The van der Waals surface area contributed by atoms with Crippen LogP contribution in [0.1, 0.15) is 42.5 Å². The van der Waals surface area contributed by atoms with Crippen molar-refractivity contribution in [2.24, 2.45) is 0 Å². The number of benzene rings is 1. The lowest BCUT2D eigenvalue weighted by Crippen LogP contribution is -2.31. The molecule has 0 saturated carbocycles. The predicted octanol–water partition coefficient (Wildman–Crippen LogP) is 3.27. The maximum atomic E-state index is 13.7. The summed E-state index contributed by atoms with van der Waals surface area (Å²) < 4.78 is 19.5. The van der Waals surface area contributed by atoms with Gasteiger partial charge in [0.15, 0.2) is 0 Å². The summed E-state index contributed by atoms with van der Waals surface area (Å²) in [6.45, 7) is 7.46. The van der Waals surface area contributed by atoms with E-state index in [9.17, 15) is 4.39 Å². The fraction of sp³-hybridized carbons (Fsp3) is 0.600. The first-order valence-electron chi connectivity index (χ1n) is 6.75. The van der Waals surface area contributed by atoms with Gasteiger partial charge in [-0.25, -0.2) is 4.39 Å². The Bertz CT molecular complexity index is 390. The number of halogens is 1. The second kappa shape index (κ2) is 5.81. The maximum absolute atomic E-state index is 13.7. The quantitative estimate of drug-likeness (QED) is 0.886.